The van der Waals surface area contributed by atoms with Crippen molar-refractivity contribution in [1.29, 1.82) is 0 Å². The Morgan fingerprint density at radius 2 is 2.18 bits per heavy atom. The van der Waals surface area contributed by atoms with Crippen molar-refractivity contribution in [3.8, 4) is 0 Å². The molecule has 1 aliphatic rings. The predicted molar refractivity (Wildman–Crippen MR) is 65.4 cm³/mol. The second kappa shape index (κ2) is 4.87. The largest absolute Gasteiger partial charge is 0.341 e. The van der Waals surface area contributed by atoms with E-state index in [1.54, 1.807) is 6.92 Å². The molecule has 0 spiro atoms. The van der Waals surface area contributed by atoms with Gasteiger partial charge in [-0.05, 0) is 25.8 Å². The third kappa shape index (κ3) is 2.66. The molecule has 0 unspecified atom stereocenters. The zero-order valence-corrected chi connectivity index (χ0v) is 10.5. The predicted octanol–water partition coefficient (Wildman–Crippen LogP) is 0.473. The van der Waals surface area contributed by atoms with Gasteiger partial charge in [0.1, 0.15) is 0 Å². The number of aryl methyl sites for hydroxylation is 1. The lowest BCUT2D eigenvalue weighted by Gasteiger charge is -2.32. The number of carbonyl (C=O) groups excluding carboxylic acids is 1. The first kappa shape index (κ1) is 12.1. The number of hydrogen-bond acceptors (Lipinski definition) is 3. The molecule has 2 N–H and O–H groups in total. The third-order valence-electron chi connectivity index (χ3n) is 3.35. The van der Waals surface area contributed by atoms with Gasteiger partial charge in [0.2, 0.25) is 5.91 Å². The van der Waals surface area contributed by atoms with Crippen LogP contribution in [0.15, 0.2) is 12.3 Å². The topological polar surface area (TPSA) is 64.2 Å². The Balaban J connectivity index is 1.92. The van der Waals surface area contributed by atoms with Gasteiger partial charge in [-0.15, -0.1) is 0 Å². The molecule has 1 aromatic rings. The SMILES string of the molecule is C[C@H](N)C(=O)N1CCC(c2ccn(C)n2)CC1. The second-order valence-electron chi connectivity index (χ2n) is 4.80. The molecule has 0 saturated carbocycles. The maximum Gasteiger partial charge on any atom is 0.239 e. The van der Waals surface area contributed by atoms with Crippen LogP contribution >= 0.6 is 0 Å². The number of carbonyl (C=O) groups is 1. The zero-order chi connectivity index (χ0) is 12.4. The summed E-state index contributed by atoms with van der Waals surface area (Å²) in [5.74, 6) is 0.540. The number of hydrogen-bond donors (Lipinski definition) is 1. The lowest BCUT2D eigenvalue weighted by Crippen LogP contribution is -2.45. The van der Waals surface area contributed by atoms with E-state index in [9.17, 15) is 4.79 Å². The number of likely N-dealkylation sites (tertiary alicyclic amines) is 1. The highest BCUT2D eigenvalue weighted by molar-refractivity contribution is 5.81. The van der Waals surface area contributed by atoms with Crippen LogP contribution in [0.3, 0.4) is 0 Å². The molecule has 2 heterocycles. The van der Waals surface area contributed by atoms with E-state index < -0.39 is 0 Å². The first-order valence-corrected chi connectivity index (χ1v) is 6.12. The van der Waals surface area contributed by atoms with Gasteiger partial charge in [-0.1, -0.05) is 0 Å². The van der Waals surface area contributed by atoms with E-state index >= 15 is 0 Å². The molecule has 5 nitrogen and oxygen atoms in total. The lowest BCUT2D eigenvalue weighted by atomic mass is 9.93. The molecule has 1 saturated heterocycles. The number of piperidine rings is 1. The molecule has 94 valence electrons. The van der Waals surface area contributed by atoms with E-state index in [0.717, 1.165) is 31.6 Å². The van der Waals surface area contributed by atoms with Crippen molar-refractivity contribution in [3.63, 3.8) is 0 Å². The molecule has 1 aromatic heterocycles. The van der Waals surface area contributed by atoms with E-state index in [0.29, 0.717) is 5.92 Å². The molecule has 1 amide bonds. The number of amides is 1. The normalized spacial score (nSPS) is 19.4. The number of nitrogens with zero attached hydrogens (tertiary/aromatic N) is 3. The number of nitrogens with two attached hydrogens (primary N) is 1. The minimum Gasteiger partial charge on any atom is -0.341 e. The first-order valence-electron chi connectivity index (χ1n) is 6.12. The van der Waals surface area contributed by atoms with E-state index in [4.69, 9.17) is 5.73 Å². The summed E-state index contributed by atoms with van der Waals surface area (Å²) >= 11 is 0. The van der Waals surface area contributed by atoms with Crippen LogP contribution < -0.4 is 5.73 Å². The van der Waals surface area contributed by atoms with E-state index in [-0.39, 0.29) is 11.9 Å². The van der Waals surface area contributed by atoms with Crippen LogP contribution in [-0.4, -0.2) is 39.7 Å². The van der Waals surface area contributed by atoms with Crippen molar-refractivity contribution < 1.29 is 4.79 Å². The molecule has 5 heteroatoms. The van der Waals surface area contributed by atoms with Gasteiger partial charge >= 0.3 is 0 Å². The Hall–Kier alpha value is -1.36. The van der Waals surface area contributed by atoms with Gasteiger partial charge in [0.15, 0.2) is 0 Å². The molecule has 0 aromatic carbocycles. The maximum absolute atomic E-state index is 11.7. The molecular formula is C12H20N4O. The standard InChI is InChI=1S/C12H20N4O/c1-9(13)12(17)16-7-3-10(4-8-16)11-5-6-15(2)14-11/h5-6,9-10H,3-4,7-8,13H2,1-2H3/t9-/m0/s1. The van der Waals surface area contributed by atoms with Crippen molar-refractivity contribution in [2.24, 2.45) is 12.8 Å². The van der Waals surface area contributed by atoms with Crippen LogP contribution in [0.4, 0.5) is 0 Å². The highest BCUT2D eigenvalue weighted by Crippen LogP contribution is 2.26. The summed E-state index contributed by atoms with van der Waals surface area (Å²) in [6.45, 7) is 3.33. The van der Waals surface area contributed by atoms with Gasteiger partial charge in [-0.3, -0.25) is 9.48 Å². The molecule has 1 fully saturated rings. The van der Waals surface area contributed by atoms with Crippen molar-refractivity contribution >= 4 is 5.91 Å². The van der Waals surface area contributed by atoms with Crippen LogP contribution in [0.25, 0.3) is 0 Å². The van der Waals surface area contributed by atoms with Gasteiger partial charge in [0.05, 0.1) is 11.7 Å². The second-order valence-corrected chi connectivity index (χ2v) is 4.80. The summed E-state index contributed by atoms with van der Waals surface area (Å²) in [6.07, 6.45) is 3.93. The van der Waals surface area contributed by atoms with Crippen LogP contribution in [0.2, 0.25) is 0 Å². The summed E-state index contributed by atoms with van der Waals surface area (Å²) in [7, 11) is 1.93. The Labute approximate surface area is 102 Å². The average Bonchev–Trinajstić information content (AvgIpc) is 2.75. The van der Waals surface area contributed by atoms with E-state index in [2.05, 4.69) is 11.2 Å². The van der Waals surface area contributed by atoms with E-state index in [1.807, 2.05) is 22.8 Å². The maximum atomic E-state index is 11.7. The van der Waals surface area contributed by atoms with E-state index in [1.165, 1.54) is 0 Å². The summed E-state index contributed by atoms with van der Waals surface area (Å²) < 4.78 is 1.83. The highest BCUT2D eigenvalue weighted by Gasteiger charge is 2.26. The number of rotatable bonds is 2. The highest BCUT2D eigenvalue weighted by atomic mass is 16.2. The van der Waals surface area contributed by atoms with Gasteiger partial charge in [0, 0.05) is 32.3 Å². The Morgan fingerprint density at radius 1 is 1.53 bits per heavy atom. The summed E-state index contributed by atoms with van der Waals surface area (Å²) in [5, 5.41) is 4.43. The van der Waals surface area contributed by atoms with Crippen molar-refractivity contribution in [3.05, 3.63) is 18.0 Å². The fraction of sp³-hybridized carbons (Fsp3) is 0.667. The molecule has 0 aliphatic carbocycles. The van der Waals surface area contributed by atoms with Gasteiger partial charge < -0.3 is 10.6 Å². The zero-order valence-electron chi connectivity index (χ0n) is 10.5. The Bertz CT molecular complexity index is 391. The van der Waals surface area contributed by atoms with Crippen LogP contribution in [0.1, 0.15) is 31.4 Å². The average molecular weight is 236 g/mol. The molecule has 1 aliphatic heterocycles. The van der Waals surface area contributed by atoms with Crippen LogP contribution in [0.5, 0.6) is 0 Å². The summed E-state index contributed by atoms with van der Waals surface area (Å²) in [5.41, 5.74) is 6.75. The van der Waals surface area contributed by atoms with Gasteiger partial charge in [-0.2, -0.15) is 5.10 Å². The summed E-state index contributed by atoms with van der Waals surface area (Å²) in [6, 6.07) is 1.68. The van der Waals surface area contributed by atoms with Crippen molar-refractivity contribution in [1.82, 2.24) is 14.7 Å². The molecule has 0 radical (unpaired) electrons. The molecule has 17 heavy (non-hydrogen) atoms. The molecule has 2 rings (SSSR count). The number of aromatic nitrogens is 2. The monoisotopic (exact) mass is 236 g/mol. The smallest absolute Gasteiger partial charge is 0.239 e. The Kier molecular flexibility index (Phi) is 3.47. The Morgan fingerprint density at radius 3 is 2.65 bits per heavy atom. The lowest BCUT2D eigenvalue weighted by molar-refractivity contribution is -0.133. The third-order valence-corrected chi connectivity index (χ3v) is 3.35. The first-order chi connectivity index (χ1) is 8.08. The summed E-state index contributed by atoms with van der Waals surface area (Å²) in [4.78, 5) is 13.6. The van der Waals surface area contributed by atoms with Gasteiger partial charge in [-0.25, -0.2) is 0 Å². The van der Waals surface area contributed by atoms with Gasteiger partial charge in [0.25, 0.3) is 0 Å². The fourth-order valence-electron chi connectivity index (χ4n) is 2.33. The fourth-order valence-corrected chi connectivity index (χ4v) is 2.33. The van der Waals surface area contributed by atoms with Crippen LogP contribution in [-0.2, 0) is 11.8 Å². The molecule has 0 bridgehead atoms. The van der Waals surface area contributed by atoms with Crippen molar-refractivity contribution in [2.45, 2.75) is 31.7 Å². The minimum absolute atomic E-state index is 0.0597. The minimum atomic E-state index is -0.388. The van der Waals surface area contributed by atoms with Crippen LogP contribution in [0, 0.1) is 0 Å². The van der Waals surface area contributed by atoms with Crippen molar-refractivity contribution in [2.75, 3.05) is 13.1 Å². The quantitative estimate of drug-likeness (QED) is 0.812. The molecular weight excluding hydrogens is 216 g/mol. The molecule has 1 atom stereocenters.